The summed E-state index contributed by atoms with van der Waals surface area (Å²) in [5.74, 6) is 1.41. The Balaban J connectivity index is 1.42. The Morgan fingerprint density at radius 2 is 1.69 bits per heavy atom. The summed E-state index contributed by atoms with van der Waals surface area (Å²) in [7, 11) is 0. The molecule has 1 heterocycles. The maximum atomic E-state index is 12.2. The smallest absolute Gasteiger partial charge is 0.422 e. The third-order valence-electron chi connectivity index (χ3n) is 4.27. The van der Waals surface area contributed by atoms with E-state index < -0.39 is 12.8 Å². The van der Waals surface area contributed by atoms with Gasteiger partial charge in [-0.3, -0.25) is 4.79 Å². The molecule has 3 rings (SSSR count). The standard InChI is InChI=1S/C22H22F3N3O4/c1-2-30-17-9-5-16(6-10-17)21-27-20(32-28-21)12-11-19(29)26-13-15-3-7-18(8-4-15)31-14-22(23,24)25/h3-10H,2,11-14H2,1H3,(H,26,29). The number of aryl methyl sites for hydroxylation is 1. The van der Waals surface area contributed by atoms with Gasteiger partial charge in [0.25, 0.3) is 0 Å². The highest BCUT2D eigenvalue weighted by Crippen LogP contribution is 2.21. The lowest BCUT2D eigenvalue weighted by molar-refractivity contribution is -0.153. The molecule has 1 aromatic heterocycles. The van der Waals surface area contributed by atoms with E-state index in [1.54, 1.807) is 12.1 Å². The molecule has 7 nitrogen and oxygen atoms in total. The molecule has 170 valence electrons. The molecule has 0 aliphatic heterocycles. The minimum atomic E-state index is -4.39. The lowest BCUT2D eigenvalue weighted by Gasteiger charge is -2.10. The molecular formula is C22H22F3N3O4. The van der Waals surface area contributed by atoms with Gasteiger partial charge in [-0.15, -0.1) is 0 Å². The van der Waals surface area contributed by atoms with Gasteiger partial charge in [0.1, 0.15) is 11.5 Å². The quantitative estimate of drug-likeness (QED) is 0.496. The maximum Gasteiger partial charge on any atom is 0.422 e. The molecular weight excluding hydrogens is 427 g/mol. The Hall–Kier alpha value is -3.56. The number of halogens is 3. The fraction of sp³-hybridized carbons (Fsp3) is 0.318. The third-order valence-corrected chi connectivity index (χ3v) is 4.27. The van der Waals surface area contributed by atoms with Gasteiger partial charge in [0.15, 0.2) is 6.61 Å². The Kier molecular flexibility index (Phi) is 7.69. The van der Waals surface area contributed by atoms with E-state index in [0.717, 1.165) is 16.9 Å². The van der Waals surface area contributed by atoms with Crippen LogP contribution in [0.5, 0.6) is 11.5 Å². The fourth-order valence-corrected chi connectivity index (χ4v) is 2.72. The van der Waals surface area contributed by atoms with E-state index in [-0.39, 0.29) is 31.0 Å². The van der Waals surface area contributed by atoms with Gasteiger partial charge in [0, 0.05) is 24.9 Å². The number of carbonyl (C=O) groups excluding carboxylic acids is 1. The second-order valence-electron chi connectivity index (χ2n) is 6.79. The molecule has 0 bridgehead atoms. The number of alkyl halides is 3. The number of carbonyl (C=O) groups is 1. The van der Waals surface area contributed by atoms with Crippen molar-refractivity contribution in [2.75, 3.05) is 13.2 Å². The van der Waals surface area contributed by atoms with E-state index in [1.807, 2.05) is 31.2 Å². The van der Waals surface area contributed by atoms with Gasteiger partial charge < -0.3 is 19.3 Å². The average molecular weight is 449 g/mol. The van der Waals surface area contributed by atoms with Crippen molar-refractivity contribution in [1.29, 1.82) is 0 Å². The molecule has 2 aromatic carbocycles. The molecule has 0 aliphatic rings. The largest absolute Gasteiger partial charge is 0.494 e. The number of hydrogen-bond donors (Lipinski definition) is 1. The summed E-state index contributed by atoms with van der Waals surface area (Å²) in [5, 5.41) is 6.67. The van der Waals surface area contributed by atoms with Crippen LogP contribution in [0.4, 0.5) is 13.2 Å². The molecule has 10 heteroatoms. The van der Waals surface area contributed by atoms with Gasteiger partial charge in [-0.05, 0) is 48.9 Å². The second-order valence-corrected chi connectivity index (χ2v) is 6.79. The summed E-state index contributed by atoms with van der Waals surface area (Å²) >= 11 is 0. The zero-order chi connectivity index (χ0) is 23.0. The highest BCUT2D eigenvalue weighted by molar-refractivity contribution is 5.76. The van der Waals surface area contributed by atoms with Gasteiger partial charge in [0.05, 0.1) is 6.61 Å². The van der Waals surface area contributed by atoms with Crippen molar-refractivity contribution in [3.05, 3.63) is 60.0 Å². The second kappa shape index (κ2) is 10.7. The van der Waals surface area contributed by atoms with Crippen LogP contribution >= 0.6 is 0 Å². The van der Waals surface area contributed by atoms with Crippen molar-refractivity contribution in [3.8, 4) is 22.9 Å². The molecule has 0 atom stereocenters. The van der Waals surface area contributed by atoms with Crippen molar-refractivity contribution in [2.24, 2.45) is 0 Å². The molecule has 0 saturated heterocycles. The number of benzene rings is 2. The number of hydrogen-bond acceptors (Lipinski definition) is 6. The average Bonchev–Trinajstić information content (AvgIpc) is 3.25. The molecule has 32 heavy (non-hydrogen) atoms. The van der Waals surface area contributed by atoms with E-state index in [9.17, 15) is 18.0 Å². The monoisotopic (exact) mass is 449 g/mol. The number of rotatable bonds is 10. The first-order valence-electron chi connectivity index (χ1n) is 9.93. The van der Waals surface area contributed by atoms with Gasteiger partial charge in [-0.2, -0.15) is 18.2 Å². The van der Waals surface area contributed by atoms with E-state index in [2.05, 4.69) is 20.2 Å². The van der Waals surface area contributed by atoms with Crippen LogP contribution in [0, 0.1) is 0 Å². The lowest BCUT2D eigenvalue weighted by Crippen LogP contribution is -2.23. The molecule has 1 N–H and O–H groups in total. The van der Waals surface area contributed by atoms with Crippen LogP contribution in [0.15, 0.2) is 53.1 Å². The van der Waals surface area contributed by atoms with E-state index in [4.69, 9.17) is 9.26 Å². The summed E-state index contributed by atoms with van der Waals surface area (Å²) in [6.45, 7) is 1.37. The summed E-state index contributed by atoms with van der Waals surface area (Å²) < 4.78 is 51.7. The number of amides is 1. The zero-order valence-corrected chi connectivity index (χ0v) is 17.3. The van der Waals surface area contributed by atoms with Crippen molar-refractivity contribution >= 4 is 5.91 Å². The van der Waals surface area contributed by atoms with E-state index in [0.29, 0.717) is 18.3 Å². The molecule has 0 aliphatic carbocycles. The van der Waals surface area contributed by atoms with Gasteiger partial charge in [0.2, 0.25) is 17.6 Å². The van der Waals surface area contributed by atoms with Crippen molar-refractivity contribution in [3.63, 3.8) is 0 Å². The molecule has 0 saturated carbocycles. The molecule has 3 aromatic rings. The summed E-state index contributed by atoms with van der Waals surface area (Å²) in [6.07, 6.45) is -3.96. The number of nitrogens with one attached hydrogen (secondary N) is 1. The first-order chi connectivity index (χ1) is 15.3. The van der Waals surface area contributed by atoms with Gasteiger partial charge in [-0.25, -0.2) is 0 Å². The van der Waals surface area contributed by atoms with Crippen LogP contribution < -0.4 is 14.8 Å². The number of nitrogens with zero attached hydrogens (tertiary/aromatic N) is 2. The SMILES string of the molecule is CCOc1ccc(-c2noc(CCC(=O)NCc3ccc(OCC(F)(F)F)cc3)n2)cc1. The Morgan fingerprint density at radius 3 is 2.34 bits per heavy atom. The molecule has 0 radical (unpaired) electrons. The van der Waals surface area contributed by atoms with Gasteiger partial charge in [-0.1, -0.05) is 17.3 Å². The maximum absolute atomic E-state index is 12.2. The van der Waals surface area contributed by atoms with Crippen molar-refractivity contribution < 1.29 is 32.0 Å². The minimum absolute atomic E-state index is 0.108. The fourth-order valence-electron chi connectivity index (χ4n) is 2.72. The first kappa shape index (κ1) is 23.1. The molecule has 0 unspecified atom stereocenters. The van der Waals surface area contributed by atoms with Crippen LogP contribution in [-0.2, 0) is 17.8 Å². The van der Waals surface area contributed by atoms with Crippen molar-refractivity contribution in [1.82, 2.24) is 15.5 Å². The van der Waals surface area contributed by atoms with Crippen LogP contribution in [0.3, 0.4) is 0 Å². The Morgan fingerprint density at radius 1 is 1.03 bits per heavy atom. The van der Waals surface area contributed by atoms with E-state index >= 15 is 0 Å². The van der Waals surface area contributed by atoms with Crippen LogP contribution in [-0.4, -0.2) is 35.4 Å². The minimum Gasteiger partial charge on any atom is -0.494 e. The van der Waals surface area contributed by atoms with Gasteiger partial charge >= 0.3 is 6.18 Å². The van der Waals surface area contributed by atoms with Crippen LogP contribution in [0.25, 0.3) is 11.4 Å². The topological polar surface area (TPSA) is 86.5 Å². The normalized spacial score (nSPS) is 11.2. The zero-order valence-electron chi connectivity index (χ0n) is 17.3. The molecule has 0 spiro atoms. The highest BCUT2D eigenvalue weighted by Gasteiger charge is 2.28. The van der Waals surface area contributed by atoms with E-state index in [1.165, 1.54) is 12.1 Å². The number of ether oxygens (including phenoxy) is 2. The predicted octanol–water partition coefficient (Wildman–Crippen LogP) is 4.33. The molecule has 1 amide bonds. The Labute approximate surface area is 182 Å². The summed E-state index contributed by atoms with van der Waals surface area (Å²) in [5.41, 5.74) is 1.50. The first-order valence-corrected chi connectivity index (χ1v) is 9.93. The van der Waals surface area contributed by atoms with Crippen LogP contribution in [0.2, 0.25) is 0 Å². The third kappa shape index (κ3) is 7.29. The van der Waals surface area contributed by atoms with Crippen molar-refractivity contribution in [2.45, 2.75) is 32.5 Å². The Bertz CT molecular complexity index is 1000. The predicted molar refractivity (Wildman–Crippen MR) is 109 cm³/mol. The van der Waals surface area contributed by atoms with Crippen LogP contribution in [0.1, 0.15) is 24.8 Å². The lowest BCUT2D eigenvalue weighted by atomic mass is 10.2. The molecule has 0 fully saturated rings. The summed E-state index contributed by atoms with van der Waals surface area (Å²) in [6, 6.07) is 13.3. The number of aromatic nitrogens is 2. The highest BCUT2D eigenvalue weighted by atomic mass is 19.4. The summed E-state index contributed by atoms with van der Waals surface area (Å²) in [4.78, 5) is 16.4.